The van der Waals surface area contributed by atoms with Gasteiger partial charge in [-0.25, -0.2) is 0 Å². The minimum atomic E-state index is -0.507. The summed E-state index contributed by atoms with van der Waals surface area (Å²) in [6, 6.07) is 0. The lowest BCUT2D eigenvalue weighted by Gasteiger charge is -2.22. The molecule has 0 bridgehead atoms. The van der Waals surface area contributed by atoms with Gasteiger partial charge < -0.3 is 5.32 Å². The largest absolute Gasteiger partial charge is 0.359 e. The second-order valence-electron chi connectivity index (χ2n) is 6.64. The Labute approximate surface area is 148 Å². The molecule has 0 aromatic heterocycles. The highest BCUT2D eigenvalue weighted by molar-refractivity contribution is 8.02. The van der Waals surface area contributed by atoms with Crippen molar-refractivity contribution in [3.05, 3.63) is 0 Å². The number of hydrogen-bond acceptors (Lipinski definition) is 5. The minimum absolute atomic E-state index is 0.0883. The van der Waals surface area contributed by atoms with E-state index in [1.165, 1.54) is 0 Å². The predicted molar refractivity (Wildman–Crippen MR) is 99.3 cm³/mol. The molecule has 132 valence electrons. The van der Waals surface area contributed by atoms with Gasteiger partial charge in [-0.2, -0.15) is 28.8 Å². The van der Waals surface area contributed by atoms with Gasteiger partial charge in [0.25, 0.3) is 0 Å². The monoisotopic (exact) mass is 359 g/mol. The van der Waals surface area contributed by atoms with Crippen LogP contribution in [0.4, 0.5) is 0 Å². The van der Waals surface area contributed by atoms with Crippen molar-refractivity contribution in [3.8, 4) is 6.19 Å². The SMILES string of the molecule is CNC(=O)C(C)(C)CCSCCSCCC(C)(C)C(=O)NC#N. The standard InChI is InChI=1S/C16H29N3O2S2/c1-15(2,13(20)18-5)6-8-22-10-11-23-9-7-16(3,4)14(21)19-12-17/h6-11H2,1-5H3,(H,18,20)(H,19,21). The molecule has 0 fully saturated rings. The molecule has 7 heteroatoms. The van der Waals surface area contributed by atoms with Crippen LogP contribution in [0.25, 0.3) is 0 Å². The van der Waals surface area contributed by atoms with Crippen LogP contribution in [0, 0.1) is 22.3 Å². The molecule has 0 spiro atoms. The highest BCUT2D eigenvalue weighted by Gasteiger charge is 2.27. The molecular formula is C16H29N3O2S2. The van der Waals surface area contributed by atoms with E-state index in [1.54, 1.807) is 13.2 Å². The zero-order chi connectivity index (χ0) is 17.9. The Morgan fingerprint density at radius 2 is 1.35 bits per heavy atom. The van der Waals surface area contributed by atoms with Crippen molar-refractivity contribution in [2.24, 2.45) is 10.8 Å². The fraction of sp³-hybridized carbons (Fsp3) is 0.812. The summed E-state index contributed by atoms with van der Waals surface area (Å²) in [6.07, 6.45) is 3.30. The van der Waals surface area contributed by atoms with Crippen molar-refractivity contribution in [3.63, 3.8) is 0 Å². The van der Waals surface area contributed by atoms with Gasteiger partial charge in [0.05, 0.1) is 0 Å². The quantitative estimate of drug-likeness (QED) is 0.337. The summed E-state index contributed by atoms with van der Waals surface area (Å²) in [5.41, 5.74) is -0.819. The van der Waals surface area contributed by atoms with Gasteiger partial charge in [-0.05, 0) is 24.3 Å². The first kappa shape index (κ1) is 22.1. The molecule has 0 unspecified atom stereocenters. The molecule has 0 atom stereocenters. The molecule has 2 amide bonds. The number of nitriles is 1. The molecule has 5 nitrogen and oxygen atoms in total. The van der Waals surface area contributed by atoms with E-state index in [4.69, 9.17) is 5.26 Å². The predicted octanol–water partition coefficient (Wildman–Crippen LogP) is 2.63. The average molecular weight is 360 g/mol. The summed E-state index contributed by atoms with van der Waals surface area (Å²) in [5.74, 6) is 3.81. The van der Waals surface area contributed by atoms with Crippen LogP contribution in [0.1, 0.15) is 40.5 Å². The summed E-state index contributed by atoms with van der Waals surface area (Å²) in [5, 5.41) is 13.4. The number of nitrogens with one attached hydrogen (secondary N) is 2. The van der Waals surface area contributed by atoms with Crippen LogP contribution < -0.4 is 10.6 Å². The van der Waals surface area contributed by atoms with E-state index < -0.39 is 5.41 Å². The second kappa shape index (κ2) is 10.8. The van der Waals surface area contributed by atoms with Gasteiger partial charge in [-0.15, -0.1) is 0 Å². The Morgan fingerprint density at radius 1 is 0.913 bits per heavy atom. The first-order valence-corrected chi connectivity index (χ1v) is 10.1. The van der Waals surface area contributed by atoms with Crippen LogP contribution >= 0.6 is 23.5 Å². The molecule has 0 aromatic carbocycles. The van der Waals surface area contributed by atoms with Crippen molar-refractivity contribution in [2.75, 3.05) is 30.1 Å². The lowest BCUT2D eigenvalue weighted by atomic mass is 9.89. The van der Waals surface area contributed by atoms with E-state index in [9.17, 15) is 9.59 Å². The smallest absolute Gasteiger partial charge is 0.238 e. The fourth-order valence-electron chi connectivity index (χ4n) is 1.76. The van der Waals surface area contributed by atoms with Crippen LogP contribution in [0.5, 0.6) is 0 Å². The van der Waals surface area contributed by atoms with E-state index >= 15 is 0 Å². The lowest BCUT2D eigenvalue weighted by Crippen LogP contribution is -2.34. The molecule has 0 aromatic rings. The molecule has 0 aliphatic rings. The van der Waals surface area contributed by atoms with Crippen LogP contribution in [-0.2, 0) is 9.59 Å². The van der Waals surface area contributed by atoms with Crippen LogP contribution in [-0.4, -0.2) is 41.9 Å². The van der Waals surface area contributed by atoms with Gasteiger partial charge >= 0.3 is 0 Å². The minimum Gasteiger partial charge on any atom is -0.359 e. The maximum atomic E-state index is 11.7. The van der Waals surface area contributed by atoms with Gasteiger partial charge in [-0.3, -0.25) is 14.9 Å². The van der Waals surface area contributed by atoms with E-state index in [0.717, 1.165) is 35.9 Å². The molecular weight excluding hydrogens is 330 g/mol. The third kappa shape index (κ3) is 9.11. The van der Waals surface area contributed by atoms with E-state index in [1.807, 2.05) is 51.2 Å². The van der Waals surface area contributed by atoms with Crippen LogP contribution in [0.3, 0.4) is 0 Å². The summed E-state index contributed by atoms with van der Waals surface area (Å²) >= 11 is 3.68. The number of rotatable bonds is 11. The average Bonchev–Trinajstić information content (AvgIpc) is 2.49. The maximum Gasteiger partial charge on any atom is 0.238 e. The topological polar surface area (TPSA) is 82.0 Å². The van der Waals surface area contributed by atoms with Crippen molar-refractivity contribution >= 4 is 35.3 Å². The van der Waals surface area contributed by atoms with Crippen LogP contribution in [0.2, 0.25) is 0 Å². The second-order valence-corrected chi connectivity index (χ2v) is 9.09. The Hall–Kier alpha value is -0.870. The first-order chi connectivity index (χ1) is 10.7. The molecule has 0 radical (unpaired) electrons. The maximum absolute atomic E-state index is 11.7. The highest BCUT2D eigenvalue weighted by atomic mass is 32.2. The Kier molecular flexibility index (Phi) is 10.4. The third-order valence-corrected chi connectivity index (χ3v) is 5.97. The number of thioether (sulfide) groups is 2. The highest BCUT2D eigenvalue weighted by Crippen LogP contribution is 2.25. The number of carbonyl (C=O) groups excluding carboxylic acids is 2. The van der Waals surface area contributed by atoms with E-state index in [-0.39, 0.29) is 17.2 Å². The Morgan fingerprint density at radius 3 is 1.74 bits per heavy atom. The molecule has 0 rings (SSSR count). The first-order valence-electron chi connectivity index (χ1n) is 7.74. The number of hydrogen-bond donors (Lipinski definition) is 2. The Bertz CT molecular complexity index is 432. The molecule has 0 aliphatic carbocycles. The molecule has 0 saturated carbocycles. The van der Waals surface area contributed by atoms with Crippen molar-refractivity contribution in [1.82, 2.24) is 10.6 Å². The molecule has 2 N–H and O–H groups in total. The summed E-state index contributed by atoms with van der Waals surface area (Å²) in [4.78, 5) is 23.3. The van der Waals surface area contributed by atoms with E-state index in [0.29, 0.717) is 0 Å². The normalized spacial score (nSPS) is 11.7. The third-order valence-electron chi connectivity index (χ3n) is 3.74. The van der Waals surface area contributed by atoms with Crippen molar-refractivity contribution < 1.29 is 9.59 Å². The summed E-state index contributed by atoms with van der Waals surface area (Å²) in [6.45, 7) is 7.65. The zero-order valence-corrected chi connectivity index (χ0v) is 16.5. The number of amides is 2. The van der Waals surface area contributed by atoms with Crippen molar-refractivity contribution in [2.45, 2.75) is 40.5 Å². The molecule has 0 aliphatic heterocycles. The Balaban J connectivity index is 3.74. The lowest BCUT2D eigenvalue weighted by molar-refractivity contribution is -0.129. The molecule has 0 heterocycles. The van der Waals surface area contributed by atoms with E-state index in [2.05, 4.69) is 10.6 Å². The number of nitrogens with zero attached hydrogens (tertiary/aromatic N) is 1. The van der Waals surface area contributed by atoms with Crippen LogP contribution in [0.15, 0.2) is 0 Å². The van der Waals surface area contributed by atoms with Gasteiger partial charge in [0.1, 0.15) is 0 Å². The van der Waals surface area contributed by atoms with Gasteiger partial charge in [0.2, 0.25) is 11.8 Å². The van der Waals surface area contributed by atoms with Gasteiger partial charge in [0.15, 0.2) is 6.19 Å². The molecule has 23 heavy (non-hydrogen) atoms. The molecule has 0 saturated heterocycles. The number of carbonyl (C=O) groups is 2. The van der Waals surface area contributed by atoms with Crippen molar-refractivity contribution in [1.29, 1.82) is 5.26 Å². The van der Waals surface area contributed by atoms with Gasteiger partial charge in [-0.1, -0.05) is 27.7 Å². The fourth-order valence-corrected chi connectivity index (χ4v) is 4.42. The van der Waals surface area contributed by atoms with Gasteiger partial charge in [0, 0.05) is 29.4 Å². The zero-order valence-electron chi connectivity index (χ0n) is 14.8. The summed E-state index contributed by atoms with van der Waals surface area (Å²) in [7, 11) is 1.67. The summed E-state index contributed by atoms with van der Waals surface area (Å²) < 4.78 is 0.